The molecule has 0 fully saturated rings. The van der Waals surface area contributed by atoms with Gasteiger partial charge in [0.2, 0.25) is 0 Å². The molecule has 0 amide bonds. The Balaban J connectivity index is 2.75. The Morgan fingerprint density at radius 2 is 1.72 bits per heavy atom. The van der Waals surface area contributed by atoms with Crippen LogP contribution < -0.4 is 0 Å². The average molecular weight is 248 g/mol. The SMILES string of the molecule is CCC(CC(=O)c1ccc(C(C)C)cc1)C(=O)O. The molecule has 0 spiro atoms. The molecular weight excluding hydrogens is 228 g/mol. The Morgan fingerprint density at radius 1 is 1.17 bits per heavy atom. The van der Waals surface area contributed by atoms with Gasteiger partial charge in [0.15, 0.2) is 5.78 Å². The van der Waals surface area contributed by atoms with Gasteiger partial charge < -0.3 is 5.11 Å². The zero-order valence-electron chi connectivity index (χ0n) is 11.1. The van der Waals surface area contributed by atoms with Gasteiger partial charge in [-0.2, -0.15) is 0 Å². The van der Waals surface area contributed by atoms with E-state index in [0.29, 0.717) is 17.9 Å². The van der Waals surface area contributed by atoms with Gasteiger partial charge in [-0.05, 0) is 17.9 Å². The highest BCUT2D eigenvalue weighted by Gasteiger charge is 2.19. The predicted octanol–water partition coefficient (Wildman–Crippen LogP) is 3.49. The monoisotopic (exact) mass is 248 g/mol. The van der Waals surface area contributed by atoms with E-state index in [-0.39, 0.29) is 12.2 Å². The highest BCUT2D eigenvalue weighted by molar-refractivity contribution is 5.97. The number of carboxylic acids is 1. The molecule has 0 aliphatic carbocycles. The van der Waals surface area contributed by atoms with Gasteiger partial charge in [-0.1, -0.05) is 45.0 Å². The molecule has 1 unspecified atom stereocenters. The number of hydrogen-bond donors (Lipinski definition) is 1. The second-order valence-corrected chi connectivity index (χ2v) is 4.85. The van der Waals surface area contributed by atoms with E-state index in [4.69, 9.17) is 5.11 Å². The fourth-order valence-electron chi connectivity index (χ4n) is 1.80. The summed E-state index contributed by atoms with van der Waals surface area (Å²) in [7, 11) is 0. The average Bonchev–Trinajstić information content (AvgIpc) is 2.35. The van der Waals surface area contributed by atoms with E-state index < -0.39 is 11.9 Å². The quantitative estimate of drug-likeness (QED) is 0.784. The first kappa shape index (κ1) is 14.4. The van der Waals surface area contributed by atoms with Crippen molar-refractivity contribution in [2.75, 3.05) is 0 Å². The Kier molecular flexibility index (Phi) is 5.08. The van der Waals surface area contributed by atoms with Crippen LogP contribution in [0.25, 0.3) is 0 Å². The van der Waals surface area contributed by atoms with E-state index in [9.17, 15) is 9.59 Å². The lowest BCUT2D eigenvalue weighted by Crippen LogP contribution is -2.17. The summed E-state index contributed by atoms with van der Waals surface area (Å²) in [4.78, 5) is 22.8. The topological polar surface area (TPSA) is 54.4 Å². The third-order valence-corrected chi connectivity index (χ3v) is 3.17. The van der Waals surface area contributed by atoms with Gasteiger partial charge in [0.05, 0.1) is 5.92 Å². The Labute approximate surface area is 108 Å². The van der Waals surface area contributed by atoms with Crippen LogP contribution in [0.2, 0.25) is 0 Å². The fraction of sp³-hybridized carbons (Fsp3) is 0.467. The molecule has 1 aromatic rings. The number of carbonyl (C=O) groups excluding carboxylic acids is 1. The van der Waals surface area contributed by atoms with E-state index in [2.05, 4.69) is 13.8 Å². The highest BCUT2D eigenvalue weighted by atomic mass is 16.4. The maximum atomic E-state index is 11.9. The van der Waals surface area contributed by atoms with Crippen LogP contribution in [0, 0.1) is 5.92 Å². The van der Waals surface area contributed by atoms with E-state index in [1.807, 2.05) is 12.1 Å². The van der Waals surface area contributed by atoms with E-state index in [1.54, 1.807) is 19.1 Å². The van der Waals surface area contributed by atoms with Crippen LogP contribution in [0.15, 0.2) is 24.3 Å². The number of rotatable bonds is 6. The number of carboxylic acid groups (broad SMARTS) is 1. The molecule has 0 bridgehead atoms. The Hall–Kier alpha value is -1.64. The first-order valence-electron chi connectivity index (χ1n) is 6.31. The lowest BCUT2D eigenvalue weighted by molar-refractivity contribution is -0.141. The summed E-state index contributed by atoms with van der Waals surface area (Å²) >= 11 is 0. The van der Waals surface area contributed by atoms with Crippen molar-refractivity contribution < 1.29 is 14.7 Å². The van der Waals surface area contributed by atoms with Crippen LogP contribution in [0.1, 0.15) is 55.5 Å². The minimum atomic E-state index is -0.898. The Bertz CT molecular complexity index is 418. The van der Waals surface area contributed by atoms with Crippen molar-refractivity contribution in [2.24, 2.45) is 5.92 Å². The van der Waals surface area contributed by atoms with E-state index >= 15 is 0 Å². The first-order chi connectivity index (χ1) is 8.45. The first-order valence-corrected chi connectivity index (χ1v) is 6.31. The van der Waals surface area contributed by atoms with Crippen molar-refractivity contribution in [3.8, 4) is 0 Å². The van der Waals surface area contributed by atoms with Gasteiger partial charge in [-0.15, -0.1) is 0 Å². The molecule has 0 saturated heterocycles. The maximum Gasteiger partial charge on any atom is 0.306 e. The van der Waals surface area contributed by atoms with E-state index in [1.165, 1.54) is 5.56 Å². The lowest BCUT2D eigenvalue weighted by atomic mass is 9.94. The summed E-state index contributed by atoms with van der Waals surface area (Å²) in [6.07, 6.45) is 0.554. The number of aliphatic carboxylic acids is 1. The molecule has 0 aliphatic heterocycles. The van der Waals surface area contributed by atoms with Crippen molar-refractivity contribution >= 4 is 11.8 Å². The summed E-state index contributed by atoms with van der Waals surface area (Å²) in [5.41, 5.74) is 1.77. The molecule has 0 heterocycles. The zero-order valence-corrected chi connectivity index (χ0v) is 11.1. The molecule has 1 rings (SSSR count). The second-order valence-electron chi connectivity index (χ2n) is 4.85. The van der Waals surface area contributed by atoms with Gasteiger partial charge in [0, 0.05) is 12.0 Å². The maximum absolute atomic E-state index is 11.9. The third-order valence-electron chi connectivity index (χ3n) is 3.17. The second kappa shape index (κ2) is 6.34. The van der Waals surface area contributed by atoms with Gasteiger partial charge in [0.25, 0.3) is 0 Å². The van der Waals surface area contributed by atoms with Crippen LogP contribution in [0.5, 0.6) is 0 Å². The number of ketones is 1. The summed E-state index contributed by atoms with van der Waals surface area (Å²) in [6.45, 7) is 5.97. The van der Waals surface area contributed by atoms with Crippen LogP contribution in [0.4, 0.5) is 0 Å². The zero-order chi connectivity index (χ0) is 13.7. The highest BCUT2D eigenvalue weighted by Crippen LogP contribution is 2.18. The molecule has 3 heteroatoms. The third kappa shape index (κ3) is 3.69. The van der Waals surface area contributed by atoms with Crippen molar-refractivity contribution in [2.45, 2.75) is 39.5 Å². The summed E-state index contributed by atoms with van der Waals surface area (Å²) in [5.74, 6) is -1.15. The molecule has 98 valence electrons. The van der Waals surface area contributed by atoms with Crippen LogP contribution in [-0.2, 0) is 4.79 Å². The number of benzene rings is 1. The molecule has 1 atom stereocenters. The fourth-order valence-corrected chi connectivity index (χ4v) is 1.80. The molecule has 0 radical (unpaired) electrons. The molecule has 1 N–H and O–H groups in total. The molecule has 0 saturated carbocycles. The number of carbonyl (C=O) groups is 2. The van der Waals surface area contributed by atoms with Crippen molar-refractivity contribution in [3.05, 3.63) is 35.4 Å². The standard InChI is InChI=1S/C15H20O3/c1-4-11(15(17)18)9-14(16)13-7-5-12(6-8-13)10(2)3/h5-8,10-11H,4,9H2,1-3H3,(H,17,18). The summed E-state index contributed by atoms with van der Waals surface area (Å²) < 4.78 is 0. The van der Waals surface area contributed by atoms with Crippen LogP contribution in [0.3, 0.4) is 0 Å². The smallest absolute Gasteiger partial charge is 0.306 e. The van der Waals surface area contributed by atoms with Crippen molar-refractivity contribution in [1.29, 1.82) is 0 Å². The summed E-state index contributed by atoms with van der Waals surface area (Å²) in [6, 6.07) is 7.43. The molecule has 1 aromatic carbocycles. The molecule has 3 nitrogen and oxygen atoms in total. The van der Waals surface area contributed by atoms with Crippen LogP contribution >= 0.6 is 0 Å². The number of Topliss-reactive ketones (excluding diaryl/α,β-unsaturated/α-hetero) is 1. The van der Waals surface area contributed by atoms with Crippen LogP contribution in [-0.4, -0.2) is 16.9 Å². The van der Waals surface area contributed by atoms with E-state index in [0.717, 1.165) is 0 Å². The van der Waals surface area contributed by atoms with Crippen molar-refractivity contribution in [3.63, 3.8) is 0 Å². The minimum Gasteiger partial charge on any atom is -0.481 e. The molecule has 18 heavy (non-hydrogen) atoms. The Morgan fingerprint density at radius 3 is 2.11 bits per heavy atom. The van der Waals surface area contributed by atoms with Gasteiger partial charge in [0.1, 0.15) is 0 Å². The largest absolute Gasteiger partial charge is 0.481 e. The summed E-state index contributed by atoms with van der Waals surface area (Å²) in [5, 5.41) is 8.93. The molecule has 0 aliphatic rings. The van der Waals surface area contributed by atoms with Gasteiger partial charge in [-0.3, -0.25) is 9.59 Å². The van der Waals surface area contributed by atoms with Gasteiger partial charge in [-0.25, -0.2) is 0 Å². The number of hydrogen-bond acceptors (Lipinski definition) is 2. The lowest BCUT2D eigenvalue weighted by Gasteiger charge is -2.10. The normalized spacial score (nSPS) is 12.4. The molecular formula is C15H20O3. The van der Waals surface area contributed by atoms with Gasteiger partial charge >= 0.3 is 5.97 Å². The minimum absolute atomic E-state index is 0.0762. The van der Waals surface area contributed by atoms with Crippen molar-refractivity contribution in [1.82, 2.24) is 0 Å². The molecule has 0 aromatic heterocycles. The predicted molar refractivity (Wildman–Crippen MR) is 70.9 cm³/mol.